The highest BCUT2D eigenvalue weighted by Crippen LogP contribution is 2.47. The highest BCUT2D eigenvalue weighted by atomic mass is 19.2. The fourth-order valence-corrected chi connectivity index (χ4v) is 1.70. The van der Waals surface area contributed by atoms with E-state index in [9.17, 15) is 13.6 Å². The van der Waals surface area contributed by atoms with Gasteiger partial charge in [-0.25, -0.2) is 14.6 Å². The molecular weight excluding hydrogens is 202 g/mol. The van der Waals surface area contributed by atoms with Gasteiger partial charge < -0.3 is 0 Å². The lowest BCUT2D eigenvalue weighted by Gasteiger charge is -2.00. The number of benzene rings is 1. The van der Waals surface area contributed by atoms with Gasteiger partial charge in [-0.2, -0.15) is 0 Å². The quantitative estimate of drug-likeness (QED) is 0.437. The first kappa shape index (κ1) is 10.0. The highest BCUT2D eigenvalue weighted by molar-refractivity contribution is 5.82. The summed E-state index contributed by atoms with van der Waals surface area (Å²) in [5.41, 5.74) is 2.69. The van der Waals surface area contributed by atoms with Crippen LogP contribution in [0.1, 0.15) is 17.9 Å². The van der Waals surface area contributed by atoms with E-state index in [2.05, 4.69) is 0 Å². The van der Waals surface area contributed by atoms with Crippen molar-refractivity contribution in [3.63, 3.8) is 0 Å². The molecule has 5 heteroatoms. The van der Waals surface area contributed by atoms with Crippen LogP contribution in [0.4, 0.5) is 8.78 Å². The van der Waals surface area contributed by atoms with Crippen molar-refractivity contribution in [3.05, 3.63) is 35.4 Å². The van der Waals surface area contributed by atoms with Crippen LogP contribution in [0.2, 0.25) is 0 Å². The van der Waals surface area contributed by atoms with Crippen molar-refractivity contribution in [3.8, 4) is 0 Å². The molecule has 0 heterocycles. The molecule has 80 valence electrons. The molecule has 1 aliphatic rings. The molecule has 3 nitrogen and oxygen atoms in total. The lowest BCUT2D eigenvalue weighted by Crippen LogP contribution is -2.31. The summed E-state index contributed by atoms with van der Waals surface area (Å²) in [4.78, 5) is 11.1. The zero-order chi connectivity index (χ0) is 11.0. The van der Waals surface area contributed by atoms with Gasteiger partial charge in [0.15, 0.2) is 11.6 Å². The van der Waals surface area contributed by atoms with E-state index in [1.165, 1.54) is 6.07 Å². The van der Waals surface area contributed by atoms with E-state index in [4.69, 9.17) is 5.84 Å². The Morgan fingerprint density at radius 2 is 2.13 bits per heavy atom. The SMILES string of the molecule is NNC(=O)C1CC1c1ccc(F)c(F)c1. The molecule has 1 amide bonds. The first-order valence-corrected chi connectivity index (χ1v) is 4.59. The predicted molar refractivity (Wildman–Crippen MR) is 49.5 cm³/mol. The molecule has 15 heavy (non-hydrogen) atoms. The molecule has 2 atom stereocenters. The Kier molecular flexibility index (Phi) is 2.40. The van der Waals surface area contributed by atoms with Crippen molar-refractivity contribution in [2.24, 2.45) is 11.8 Å². The van der Waals surface area contributed by atoms with E-state index in [1.807, 2.05) is 5.43 Å². The molecule has 0 spiro atoms. The Morgan fingerprint density at radius 3 is 2.73 bits per heavy atom. The number of carbonyl (C=O) groups is 1. The first-order chi connectivity index (χ1) is 7.13. The third kappa shape index (κ3) is 1.83. The second-order valence-corrected chi connectivity index (χ2v) is 3.63. The minimum atomic E-state index is -0.883. The van der Waals surface area contributed by atoms with Crippen LogP contribution in [-0.4, -0.2) is 5.91 Å². The fraction of sp³-hybridized carbons (Fsp3) is 0.300. The van der Waals surface area contributed by atoms with Crippen LogP contribution in [0, 0.1) is 17.6 Å². The van der Waals surface area contributed by atoms with Crippen molar-refractivity contribution in [1.29, 1.82) is 0 Å². The molecule has 2 unspecified atom stereocenters. The summed E-state index contributed by atoms with van der Waals surface area (Å²) in [5, 5.41) is 0. The van der Waals surface area contributed by atoms with Gasteiger partial charge in [-0.1, -0.05) is 6.07 Å². The van der Waals surface area contributed by atoms with E-state index < -0.39 is 11.6 Å². The molecule has 0 aliphatic heterocycles. The van der Waals surface area contributed by atoms with Gasteiger partial charge >= 0.3 is 0 Å². The summed E-state index contributed by atoms with van der Waals surface area (Å²) >= 11 is 0. The molecular formula is C10H10F2N2O. The van der Waals surface area contributed by atoms with E-state index in [0.717, 1.165) is 12.1 Å². The van der Waals surface area contributed by atoms with Gasteiger partial charge in [-0.3, -0.25) is 10.2 Å². The van der Waals surface area contributed by atoms with Gasteiger partial charge in [0.1, 0.15) is 0 Å². The Labute approximate surface area is 85.2 Å². The fourth-order valence-electron chi connectivity index (χ4n) is 1.70. The number of rotatable bonds is 2. The van der Waals surface area contributed by atoms with Crippen LogP contribution < -0.4 is 11.3 Å². The second kappa shape index (κ2) is 3.58. The number of amides is 1. The number of hydrazine groups is 1. The minimum absolute atomic E-state index is 0.0383. The number of hydrogen-bond acceptors (Lipinski definition) is 2. The number of halogens is 2. The first-order valence-electron chi connectivity index (χ1n) is 4.59. The van der Waals surface area contributed by atoms with Crippen LogP contribution in [0.3, 0.4) is 0 Å². The topological polar surface area (TPSA) is 55.1 Å². The van der Waals surface area contributed by atoms with Crippen molar-refractivity contribution < 1.29 is 13.6 Å². The normalized spacial score (nSPS) is 23.7. The molecule has 1 aromatic carbocycles. The van der Waals surface area contributed by atoms with E-state index in [0.29, 0.717) is 12.0 Å². The van der Waals surface area contributed by atoms with Gasteiger partial charge in [-0.15, -0.1) is 0 Å². The highest BCUT2D eigenvalue weighted by Gasteiger charge is 2.43. The molecule has 3 N–H and O–H groups in total. The van der Waals surface area contributed by atoms with Gasteiger partial charge in [0.25, 0.3) is 0 Å². The molecule has 0 saturated heterocycles. The average Bonchev–Trinajstić information content (AvgIpc) is 3.01. The molecule has 0 radical (unpaired) electrons. The second-order valence-electron chi connectivity index (χ2n) is 3.63. The van der Waals surface area contributed by atoms with Crippen LogP contribution in [0.5, 0.6) is 0 Å². The Balaban J connectivity index is 2.13. The van der Waals surface area contributed by atoms with Crippen molar-refractivity contribution in [2.45, 2.75) is 12.3 Å². The van der Waals surface area contributed by atoms with Gasteiger partial charge in [0.05, 0.1) is 0 Å². The Bertz CT molecular complexity index is 408. The van der Waals surface area contributed by atoms with Crippen LogP contribution in [0.25, 0.3) is 0 Å². The third-order valence-corrected chi connectivity index (χ3v) is 2.64. The monoisotopic (exact) mass is 212 g/mol. The maximum Gasteiger partial charge on any atom is 0.237 e. The zero-order valence-corrected chi connectivity index (χ0v) is 7.84. The standard InChI is InChI=1S/C10H10F2N2O/c11-8-2-1-5(3-9(8)12)6-4-7(6)10(15)14-13/h1-3,6-7H,4,13H2,(H,14,15). The van der Waals surface area contributed by atoms with Crippen molar-refractivity contribution >= 4 is 5.91 Å². The zero-order valence-electron chi connectivity index (χ0n) is 7.84. The molecule has 0 bridgehead atoms. The van der Waals surface area contributed by atoms with E-state index >= 15 is 0 Å². The maximum atomic E-state index is 12.9. The van der Waals surface area contributed by atoms with E-state index in [-0.39, 0.29) is 17.7 Å². The summed E-state index contributed by atoms with van der Waals surface area (Å²) in [7, 11) is 0. The lowest BCUT2D eigenvalue weighted by molar-refractivity contribution is -0.122. The predicted octanol–water partition coefficient (Wildman–Crippen LogP) is 1.06. The number of nitrogens with two attached hydrogens (primary N) is 1. The third-order valence-electron chi connectivity index (χ3n) is 2.64. The minimum Gasteiger partial charge on any atom is -0.294 e. The van der Waals surface area contributed by atoms with Crippen molar-refractivity contribution in [1.82, 2.24) is 5.43 Å². The summed E-state index contributed by atoms with van der Waals surface area (Å²) in [6.07, 6.45) is 0.633. The summed E-state index contributed by atoms with van der Waals surface area (Å²) in [5.74, 6) is 2.71. The molecule has 1 aromatic rings. The van der Waals surface area contributed by atoms with Gasteiger partial charge in [0, 0.05) is 5.92 Å². The summed E-state index contributed by atoms with van der Waals surface area (Å²) in [6.45, 7) is 0. The number of nitrogens with one attached hydrogen (secondary N) is 1. The Morgan fingerprint density at radius 1 is 1.40 bits per heavy atom. The van der Waals surface area contributed by atoms with Gasteiger partial charge in [-0.05, 0) is 30.0 Å². The van der Waals surface area contributed by atoms with Crippen LogP contribution in [0.15, 0.2) is 18.2 Å². The number of hydrogen-bond donors (Lipinski definition) is 2. The van der Waals surface area contributed by atoms with Crippen molar-refractivity contribution in [2.75, 3.05) is 0 Å². The Hall–Kier alpha value is -1.49. The molecule has 0 aromatic heterocycles. The van der Waals surface area contributed by atoms with E-state index in [1.54, 1.807) is 0 Å². The summed E-state index contributed by atoms with van der Waals surface area (Å²) in [6, 6.07) is 3.69. The summed E-state index contributed by atoms with van der Waals surface area (Å²) < 4.78 is 25.5. The molecule has 1 fully saturated rings. The largest absolute Gasteiger partial charge is 0.294 e. The maximum absolute atomic E-state index is 12.9. The van der Waals surface area contributed by atoms with Gasteiger partial charge in [0.2, 0.25) is 5.91 Å². The van der Waals surface area contributed by atoms with Crippen LogP contribution in [-0.2, 0) is 4.79 Å². The molecule has 2 rings (SSSR count). The van der Waals surface area contributed by atoms with Crippen LogP contribution >= 0.6 is 0 Å². The average molecular weight is 212 g/mol. The smallest absolute Gasteiger partial charge is 0.237 e. The lowest BCUT2D eigenvalue weighted by atomic mass is 10.1. The number of carbonyl (C=O) groups excluding carboxylic acids is 1. The molecule has 1 aliphatic carbocycles. The molecule has 1 saturated carbocycles.